The van der Waals surface area contributed by atoms with Crippen LogP contribution in [0.15, 0.2) is 47.5 Å². The summed E-state index contributed by atoms with van der Waals surface area (Å²) in [6, 6.07) is 13.5. The number of hydrogen-bond acceptors (Lipinski definition) is 4. The first-order chi connectivity index (χ1) is 13.7. The number of halogens is 1. The van der Waals surface area contributed by atoms with E-state index in [1.807, 2.05) is 49.4 Å². The van der Waals surface area contributed by atoms with Crippen molar-refractivity contribution in [2.45, 2.75) is 19.9 Å². The molecule has 7 nitrogen and oxygen atoms in total. The second-order valence-corrected chi connectivity index (χ2v) is 6.35. The average molecular weight is 510 g/mol. The molecule has 0 spiro atoms. The number of ether oxygens (including phenoxy) is 2. The van der Waals surface area contributed by atoms with Crippen molar-refractivity contribution in [1.82, 2.24) is 16.0 Å². The second kappa shape index (κ2) is 11.5. The maximum atomic E-state index is 11.8. The number of hydrogen-bond donors (Lipinski definition) is 3. The third-order valence-electron chi connectivity index (χ3n) is 4.38. The van der Waals surface area contributed by atoms with Gasteiger partial charge in [-0.25, -0.2) is 0 Å². The summed E-state index contributed by atoms with van der Waals surface area (Å²) >= 11 is 0. The quantitative estimate of drug-likeness (QED) is 0.303. The van der Waals surface area contributed by atoms with Crippen LogP contribution in [0.4, 0.5) is 0 Å². The van der Waals surface area contributed by atoms with Crippen molar-refractivity contribution < 1.29 is 14.3 Å². The standard InChI is InChI=1S/C21H26N4O3.HI/c1-3-23-20(26)17-7-4-16(5-8-17)13-25-21(22-2)24-11-10-15-6-9-18-19(12-15)28-14-27-18;/h4-9,12H,3,10-11,13-14H2,1-2H3,(H,23,26)(H2,22,24,25);1H. The van der Waals surface area contributed by atoms with Crippen LogP contribution in [0.25, 0.3) is 0 Å². The fourth-order valence-corrected chi connectivity index (χ4v) is 2.86. The SMILES string of the molecule is CCNC(=O)c1ccc(CNC(=NC)NCCc2ccc3c(c2)OCO3)cc1.I. The van der Waals surface area contributed by atoms with Gasteiger partial charge in [-0.2, -0.15) is 0 Å². The van der Waals surface area contributed by atoms with Gasteiger partial charge < -0.3 is 25.4 Å². The van der Waals surface area contributed by atoms with E-state index >= 15 is 0 Å². The van der Waals surface area contributed by atoms with E-state index in [1.165, 1.54) is 5.56 Å². The van der Waals surface area contributed by atoms with Gasteiger partial charge in [-0.3, -0.25) is 9.79 Å². The monoisotopic (exact) mass is 510 g/mol. The van der Waals surface area contributed by atoms with Crippen LogP contribution in [0.2, 0.25) is 0 Å². The van der Waals surface area contributed by atoms with Gasteiger partial charge in [0.05, 0.1) is 0 Å². The van der Waals surface area contributed by atoms with Gasteiger partial charge in [0.1, 0.15) is 0 Å². The van der Waals surface area contributed by atoms with E-state index in [9.17, 15) is 4.79 Å². The molecule has 0 bridgehead atoms. The van der Waals surface area contributed by atoms with Gasteiger partial charge >= 0.3 is 0 Å². The number of guanidine groups is 1. The van der Waals surface area contributed by atoms with Crippen molar-refractivity contribution in [2.24, 2.45) is 4.99 Å². The molecule has 0 radical (unpaired) electrons. The first-order valence-electron chi connectivity index (χ1n) is 9.39. The second-order valence-electron chi connectivity index (χ2n) is 6.35. The normalized spacial score (nSPS) is 12.1. The molecule has 0 aromatic heterocycles. The van der Waals surface area contributed by atoms with Crippen molar-refractivity contribution in [1.29, 1.82) is 0 Å². The molecule has 2 aromatic carbocycles. The molecule has 1 amide bonds. The van der Waals surface area contributed by atoms with Crippen LogP contribution in [0.5, 0.6) is 11.5 Å². The van der Waals surface area contributed by atoms with E-state index in [0.717, 1.165) is 36.0 Å². The maximum Gasteiger partial charge on any atom is 0.251 e. The number of carbonyl (C=O) groups is 1. The Labute approximate surface area is 188 Å². The Morgan fingerprint density at radius 3 is 2.45 bits per heavy atom. The van der Waals surface area contributed by atoms with Crippen molar-refractivity contribution in [2.75, 3.05) is 26.9 Å². The molecule has 0 saturated heterocycles. The number of rotatable bonds is 7. The lowest BCUT2D eigenvalue weighted by Crippen LogP contribution is -2.37. The van der Waals surface area contributed by atoms with Crippen LogP contribution in [0, 0.1) is 0 Å². The van der Waals surface area contributed by atoms with E-state index in [2.05, 4.69) is 20.9 Å². The summed E-state index contributed by atoms with van der Waals surface area (Å²) in [6.45, 7) is 4.18. The molecule has 8 heteroatoms. The minimum absolute atomic E-state index is 0. The average Bonchev–Trinajstić information content (AvgIpc) is 3.19. The van der Waals surface area contributed by atoms with Crippen LogP contribution in [0.1, 0.15) is 28.4 Å². The molecule has 0 aliphatic carbocycles. The zero-order valence-corrected chi connectivity index (χ0v) is 19.0. The lowest BCUT2D eigenvalue weighted by Gasteiger charge is -2.12. The summed E-state index contributed by atoms with van der Waals surface area (Å²) in [5.41, 5.74) is 2.91. The molecule has 1 aliphatic rings. The van der Waals surface area contributed by atoms with Gasteiger partial charge in [-0.1, -0.05) is 18.2 Å². The Morgan fingerprint density at radius 1 is 1.00 bits per heavy atom. The number of aliphatic imine (C=N–C) groups is 1. The Morgan fingerprint density at radius 2 is 1.72 bits per heavy atom. The maximum absolute atomic E-state index is 11.8. The van der Waals surface area contributed by atoms with Crippen LogP contribution in [-0.2, 0) is 13.0 Å². The number of amides is 1. The minimum Gasteiger partial charge on any atom is -0.454 e. The zero-order chi connectivity index (χ0) is 19.8. The highest BCUT2D eigenvalue weighted by atomic mass is 127. The third-order valence-corrected chi connectivity index (χ3v) is 4.38. The van der Waals surface area contributed by atoms with Crippen LogP contribution >= 0.6 is 24.0 Å². The summed E-state index contributed by atoms with van der Waals surface area (Å²) in [6.07, 6.45) is 0.846. The Hall–Kier alpha value is -2.49. The molecule has 0 saturated carbocycles. The number of carbonyl (C=O) groups excluding carboxylic acids is 1. The summed E-state index contributed by atoms with van der Waals surface area (Å²) in [4.78, 5) is 16.0. The molecule has 3 N–H and O–H groups in total. The highest BCUT2D eigenvalue weighted by Crippen LogP contribution is 2.32. The third kappa shape index (κ3) is 6.52. The molecular weight excluding hydrogens is 483 g/mol. The van der Waals surface area contributed by atoms with Gasteiger partial charge in [0.25, 0.3) is 5.91 Å². The summed E-state index contributed by atoms with van der Waals surface area (Å²) in [7, 11) is 1.74. The number of benzene rings is 2. The molecule has 29 heavy (non-hydrogen) atoms. The highest BCUT2D eigenvalue weighted by molar-refractivity contribution is 14.0. The largest absolute Gasteiger partial charge is 0.454 e. The van der Waals surface area contributed by atoms with Crippen molar-refractivity contribution in [3.05, 3.63) is 59.2 Å². The van der Waals surface area contributed by atoms with E-state index in [4.69, 9.17) is 9.47 Å². The summed E-state index contributed by atoms with van der Waals surface area (Å²) < 4.78 is 10.7. The van der Waals surface area contributed by atoms with Gasteiger partial charge in [0.15, 0.2) is 17.5 Å². The molecule has 156 valence electrons. The summed E-state index contributed by atoms with van der Waals surface area (Å²) in [5.74, 6) is 2.28. The molecule has 2 aromatic rings. The first kappa shape index (κ1) is 22.8. The van der Waals surface area contributed by atoms with Crippen molar-refractivity contribution >= 4 is 35.8 Å². The van der Waals surface area contributed by atoms with E-state index in [1.54, 1.807) is 7.05 Å². The Kier molecular flexibility index (Phi) is 9.04. The number of nitrogens with one attached hydrogen (secondary N) is 3. The van der Waals surface area contributed by atoms with E-state index in [0.29, 0.717) is 18.7 Å². The Balaban J connectivity index is 0.00000300. The highest BCUT2D eigenvalue weighted by Gasteiger charge is 2.13. The smallest absolute Gasteiger partial charge is 0.251 e. The molecule has 1 aliphatic heterocycles. The lowest BCUT2D eigenvalue weighted by molar-refractivity contribution is 0.0956. The lowest BCUT2D eigenvalue weighted by atomic mass is 10.1. The molecule has 0 atom stereocenters. The summed E-state index contributed by atoms with van der Waals surface area (Å²) in [5, 5.41) is 9.38. The van der Waals surface area contributed by atoms with Gasteiger partial charge in [-0.05, 0) is 48.7 Å². The van der Waals surface area contributed by atoms with Crippen molar-refractivity contribution in [3.8, 4) is 11.5 Å². The molecule has 0 unspecified atom stereocenters. The van der Waals surface area contributed by atoms with Gasteiger partial charge in [0.2, 0.25) is 6.79 Å². The topological polar surface area (TPSA) is 84.0 Å². The molecule has 3 rings (SSSR count). The van der Waals surface area contributed by atoms with Gasteiger partial charge in [-0.15, -0.1) is 24.0 Å². The number of nitrogens with zero attached hydrogens (tertiary/aromatic N) is 1. The van der Waals surface area contributed by atoms with Crippen molar-refractivity contribution in [3.63, 3.8) is 0 Å². The van der Waals surface area contributed by atoms with Gasteiger partial charge in [0, 0.05) is 32.2 Å². The van der Waals surface area contributed by atoms with Crippen LogP contribution in [-0.4, -0.2) is 38.8 Å². The van der Waals surface area contributed by atoms with Crippen LogP contribution < -0.4 is 25.4 Å². The zero-order valence-electron chi connectivity index (χ0n) is 16.7. The van der Waals surface area contributed by atoms with Crippen LogP contribution in [0.3, 0.4) is 0 Å². The van der Waals surface area contributed by atoms with E-state index in [-0.39, 0.29) is 36.7 Å². The fourth-order valence-electron chi connectivity index (χ4n) is 2.86. The molecular formula is C21H27IN4O3. The molecule has 1 heterocycles. The van der Waals surface area contributed by atoms with E-state index < -0.39 is 0 Å². The number of fused-ring (bicyclic) bond motifs is 1. The molecule has 0 fully saturated rings. The minimum atomic E-state index is -0.0528. The Bertz CT molecular complexity index is 840. The fraction of sp³-hybridized carbons (Fsp3) is 0.333. The predicted molar refractivity (Wildman–Crippen MR) is 124 cm³/mol. The predicted octanol–water partition coefficient (Wildman–Crippen LogP) is 2.69. The first-order valence-corrected chi connectivity index (χ1v) is 9.39.